The smallest absolute Gasteiger partial charge is 0.234 e. The van der Waals surface area contributed by atoms with E-state index >= 15 is 0 Å². The lowest BCUT2D eigenvalue weighted by atomic mass is 9.90. The SMILES string of the molecule is CCn1c(S[C@@H](C)C(=O)N[C@](C)(C#N)C(C)C)nnc1-c1ccc(OC)cc1. The molecule has 2 aromatic rings. The summed E-state index contributed by atoms with van der Waals surface area (Å²) in [5, 5.41) is 21.1. The summed E-state index contributed by atoms with van der Waals surface area (Å²) in [6, 6.07) is 9.82. The van der Waals surface area contributed by atoms with Crippen molar-refractivity contribution in [3.05, 3.63) is 24.3 Å². The molecule has 1 heterocycles. The van der Waals surface area contributed by atoms with Crippen LogP contribution in [0.2, 0.25) is 0 Å². The largest absolute Gasteiger partial charge is 0.497 e. The highest BCUT2D eigenvalue weighted by Crippen LogP contribution is 2.28. The Morgan fingerprint density at radius 3 is 2.46 bits per heavy atom. The van der Waals surface area contributed by atoms with E-state index in [0.717, 1.165) is 17.1 Å². The van der Waals surface area contributed by atoms with E-state index in [2.05, 4.69) is 21.6 Å². The molecule has 1 amide bonds. The van der Waals surface area contributed by atoms with Gasteiger partial charge in [-0.3, -0.25) is 4.79 Å². The van der Waals surface area contributed by atoms with Gasteiger partial charge >= 0.3 is 0 Å². The Bertz CT molecular complexity index is 856. The average molecular weight is 402 g/mol. The molecule has 0 unspecified atom stereocenters. The summed E-state index contributed by atoms with van der Waals surface area (Å²) < 4.78 is 7.17. The molecule has 0 aliphatic heterocycles. The highest BCUT2D eigenvalue weighted by molar-refractivity contribution is 8.00. The minimum atomic E-state index is -0.904. The van der Waals surface area contributed by atoms with Gasteiger partial charge in [0.05, 0.1) is 18.4 Å². The number of amides is 1. The molecule has 0 spiro atoms. The lowest BCUT2D eigenvalue weighted by Crippen LogP contribution is -2.51. The van der Waals surface area contributed by atoms with E-state index in [0.29, 0.717) is 11.7 Å². The van der Waals surface area contributed by atoms with Crippen LogP contribution in [0, 0.1) is 17.2 Å². The second-order valence-electron chi connectivity index (χ2n) is 7.00. The van der Waals surface area contributed by atoms with Crippen LogP contribution in [-0.4, -0.2) is 38.6 Å². The van der Waals surface area contributed by atoms with Crippen molar-refractivity contribution in [2.24, 2.45) is 5.92 Å². The fourth-order valence-corrected chi connectivity index (χ4v) is 3.40. The Balaban J connectivity index is 2.19. The number of nitrogens with one attached hydrogen (secondary N) is 1. The summed E-state index contributed by atoms with van der Waals surface area (Å²) in [5.74, 6) is 1.32. The average Bonchev–Trinajstić information content (AvgIpc) is 3.10. The molecule has 0 aliphatic carbocycles. The Labute approximate surface area is 170 Å². The van der Waals surface area contributed by atoms with Gasteiger partial charge in [-0.15, -0.1) is 10.2 Å². The van der Waals surface area contributed by atoms with Gasteiger partial charge in [0.2, 0.25) is 5.91 Å². The standard InChI is InChI=1S/C20H27N5O2S/c1-7-25-17(15-8-10-16(27-6)11-9-15)23-24-19(25)28-14(4)18(26)22-20(5,12-21)13(2)3/h8-11,13-14H,7H2,1-6H3,(H,22,26)/t14-,20+/m0/s1. The van der Waals surface area contributed by atoms with Crippen molar-refractivity contribution in [2.75, 3.05) is 7.11 Å². The van der Waals surface area contributed by atoms with Gasteiger partial charge in [0, 0.05) is 12.1 Å². The summed E-state index contributed by atoms with van der Waals surface area (Å²) >= 11 is 1.33. The Morgan fingerprint density at radius 2 is 1.96 bits per heavy atom. The van der Waals surface area contributed by atoms with E-state index in [4.69, 9.17) is 4.74 Å². The lowest BCUT2D eigenvalue weighted by Gasteiger charge is -2.28. The second kappa shape index (κ2) is 9.11. The van der Waals surface area contributed by atoms with Gasteiger partial charge in [-0.2, -0.15) is 5.26 Å². The molecule has 28 heavy (non-hydrogen) atoms. The number of ether oxygens (including phenoxy) is 1. The van der Waals surface area contributed by atoms with Crippen LogP contribution in [0.4, 0.5) is 0 Å². The maximum absolute atomic E-state index is 12.6. The normalized spacial score (nSPS) is 14.2. The van der Waals surface area contributed by atoms with E-state index in [1.165, 1.54) is 11.8 Å². The summed E-state index contributed by atoms with van der Waals surface area (Å²) in [7, 11) is 1.63. The molecule has 2 rings (SSSR count). The molecule has 2 atom stereocenters. The van der Waals surface area contributed by atoms with E-state index in [1.54, 1.807) is 21.0 Å². The summed E-state index contributed by atoms with van der Waals surface area (Å²) in [5.41, 5.74) is 0.0226. The van der Waals surface area contributed by atoms with Crippen LogP contribution in [0.3, 0.4) is 0 Å². The summed E-state index contributed by atoms with van der Waals surface area (Å²) in [6.07, 6.45) is 0. The third-order valence-corrected chi connectivity index (χ3v) is 5.88. The molecule has 8 heteroatoms. The molecule has 150 valence electrons. The number of hydrogen-bond donors (Lipinski definition) is 1. The molecule has 0 bridgehead atoms. The highest BCUT2D eigenvalue weighted by Gasteiger charge is 2.32. The number of carbonyl (C=O) groups excluding carboxylic acids is 1. The molecular weight excluding hydrogens is 374 g/mol. The number of hydrogen-bond acceptors (Lipinski definition) is 6. The van der Waals surface area contributed by atoms with Crippen LogP contribution in [0.5, 0.6) is 5.75 Å². The monoisotopic (exact) mass is 401 g/mol. The number of carbonyl (C=O) groups is 1. The van der Waals surface area contributed by atoms with Crippen LogP contribution in [0.15, 0.2) is 29.4 Å². The maximum Gasteiger partial charge on any atom is 0.234 e. The zero-order valence-corrected chi connectivity index (χ0v) is 18.0. The van der Waals surface area contributed by atoms with Crippen molar-refractivity contribution in [3.63, 3.8) is 0 Å². The van der Waals surface area contributed by atoms with Gasteiger partial charge in [-0.05, 0) is 51.0 Å². The predicted molar refractivity (Wildman–Crippen MR) is 110 cm³/mol. The first-order chi connectivity index (χ1) is 13.3. The molecule has 1 aromatic heterocycles. The highest BCUT2D eigenvalue weighted by atomic mass is 32.2. The number of aromatic nitrogens is 3. The number of thioether (sulfide) groups is 1. The second-order valence-corrected chi connectivity index (χ2v) is 8.31. The number of nitriles is 1. The van der Waals surface area contributed by atoms with Gasteiger partial charge < -0.3 is 14.6 Å². The molecule has 0 fully saturated rings. The Morgan fingerprint density at radius 1 is 1.32 bits per heavy atom. The summed E-state index contributed by atoms with van der Waals surface area (Å²) in [6.45, 7) is 10.1. The molecule has 0 saturated heterocycles. The predicted octanol–water partition coefficient (Wildman–Crippen LogP) is 3.51. The van der Waals surface area contributed by atoms with Gasteiger partial charge in [0.1, 0.15) is 11.3 Å². The van der Waals surface area contributed by atoms with Crippen molar-refractivity contribution in [2.45, 2.75) is 57.1 Å². The van der Waals surface area contributed by atoms with Gasteiger partial charge in [0.25, 0.3) is 0 Å². The number of methoxy groups -OCH3 is 1. The number of nitrogens with zero attached hydrogens (tertiary/aromatic N) is 4. The third kappa shape index (κ3) is 4.65. The first-order valence-corrected chi connectivity index (χ1v) is 10.1. The zero-order valence-electron chi connectivity index (χ0n) is 17.2. The van der Waals surface area contributed by atoms with Crippen molar-refractivity contribution in [3.8, 4) is 23.2 Å². The van der Waals surface area contributed by atoms with E-state index in [1.807, 2.05) is 49.6 Å². The van der Waals surface area contributed by atoms with Crippen molar-refractivity contribution in [1.29, 1.82) is 5.26 Å². The minimum absolute atomic E-state index is 0.000352. The maximum atomic E-state index is 12.6. The molecule has 7 nitrogen and oxygen atoms in total. The van der Waals surface area contributed by atoms with E-state index in [-0.39, 0.29) is 11.8 Å². The van der Waals surface area contributed by atoms with Gasteiger partial charge in [-0.25, -0.2) is 0 Å². The molecule has 1 aromatic carbocycles. The fourth-order valence-electron chi connectivity index (χ4n) is 2.49. The number of benzene rings is 1. The van der Waals surface area contributed by atoms with Gasteiger partial charge in [0.15, 0.2) is 11.0 Å². The summed E-state index contributed by atoms with van der Waals surface area (Å²) in [4.78, 5) is 12.6. The van der Waals surface area contributed by atoms with Crippen LogP contribution < -0.4 is 10.1 Å². The first-order valence-electron chi connectivity index (χ1n) is 9.23. The van der Waals surface area contributed by atoms with E-state index in [9.17, 15) is 10.1 Å². The van der Waals surface area contributed by atoms with Crippen LogP contribution in [0.1, 0.15) is 34.6 Å². The quantitative estimate of drug-likeness (QED) is 0.681. The van der Waals surface area contributed by atoms with Crippen LogP contribution in [-0.2, 0) is 11.3 Å². The third-order valence-electron chi connectivity index (χ3n) is 4.80. The van der Waals surface area contributed by atoms with Gasteiger partial charge in [-0.1, -0.05) is 25.6 Å². The molecule has 0 aliphatic rings. The Kier molecular flexibility index (Phi) is 7.08. The molecule has 1 N–H and O–H groups in total. The van der Waals surface area contributed by atoms with Crippen molar-refractivity contribution < 1.29 is 9.53 Å². The van der Waals surface area contributed by atoms with Crippen LogP contribution in [0.25, 0.3) is 11.4 Å². The Hall–Kier alpha value is -2.53. The van der Waals surface area contributed by atoms with E-state index < -0.39 is 10.8 Å². The zero-order chi connectivity index (χ0) is 20.9. The lowest BCUT2D eigenvalue weighted by molar-refractivity contribution is -0.121. The topological polar surface area (TPSA) is 92.8 Å². The van der Waals surface area contributed by atoms with Crippen molar-refractivity contribution in [1.82, 2.24) is 20.1 Å². The van der Waals surface area contributed by atoms with Crippen LogP contribution >= 0.6 is 11.8 Å². The van der Waals surface area contributed by atoms with Crippen molar-refractivity contribution >= 4 is 17.7 Å². The molecule has 0 radical (unpaired) electrons. The molecular formula is C20H27N5O2S. The number of rotatable bonds is 8. The minimum Gasteiger partial charge on any atom is -0.497 e. The fraction of sp³-hybridized carbons (Fsp3) is 0.500. The molecule has 0 saturated carbocycles. The first kappa shape index (κ1) is 21.8.